The van der Waals surface area contributed by atoms with E-state index in [2.05, 4.69) is 23.1 Å². The van der Waals surface area contributed by atoms with E-state index in [0.717, 1.165) is 25.3 Å². The summed E-state index contributed by atoms with van der Waals surface area (Å²) in [5.41, 5.74) is 8.64. The largest absolute Gasteiger partial charge is 0.497 e. The highest BCUT2D eigenvalue weighted by Gasteiger charge is 2.34. The Morgan fingerprint density at radius 3 is 3.12 bits per heavy atom. The zero-order valence-electron chi connectivity index (χ0n) is 10.4. The van der Waals surface area contributed by atoms with Crippen LogP contribution < -0.4 is 15.4 Å². The summed E-state index contributed by atoms with van der Waals surface area (Å²) in [7, 11) is 1.73. The number of fused-ring (bicyclic) bond motifs is 3. The normalized spacial score (nSPS) is 26.6. The Kier molecular flexibility index (Phi) is 2.71. The molecule has 2 atom stereocenters. The van der Waals surface area contributed by atoms with Crippen LogP contribution in [0.1, 0.15) is 18.4 Å². The van der Waals surface area contributed by atoms with Gasteiger partial charge in [-0.15, -0.1) is 0 Å². The molecule has 0 spiro atoms. The minimum absolute atomic E-state index is 0.666. The molecule has 0 amide bonds. The molecule has 1 aromatic rings. The van der Waals surface area contributed by atoms with Gasteiger partial charge in [0.15, 0.2) is 0 Å². The Morgan fingerprint density at radius 2 is 2.35 bits per heavy atom. The van der Waals surface area contributed by atoms with Crippen molar-refractivity contribution in [3.05, 3.63) is 23.8 Å². The van der Waals surface area contributed by atoms with Gasteiger partial charge in [0.05, 0.1) is 7.11 Å². The summed E-state index contributed by atoms with van der Waals surface area (Å²) in [5.74, 6) is 1.69. The summed E-state index contributed by atoms with van der Waals surface area (Å²) in [5, 5.41) is 0. The summed E-state index contributed by atoms with van der Waals surface area (Å²) in [6.45, 7) is 2.00. The first-order valence-electron chi connectivity index (χ1n) is 6.45. The second-order valence-electron chi connectivity index (χ2n) is 5.17. The maximum absolute atomic E-state index is 5.80. The number of hydrogen-bond donors (Lipinski definition) is 1. The summed E-state index contributed by atoms with van der Waals surface area (Å²) in [4.78, 5) is 2.56. The highest BCUT2D eigenvalue weighted by molar-refractivity contribution is 5.62. The number of nitrogens with zero attached hydrogens (tertiary/aromatic N) is 1. The third kappa shape index (κ3) is 1.78. The quantitative estimate of drug-likeness (QED) is 0.845. The molecule has 3 nitrogen and oxygen atoms in total. The van der Waals surface area contributed by atoms with Gasteiger partial charge in [-0.3, -0.25) is 0 Å². The number of hydrogen-bond acceptors (Lipinski definition) is 3. The van der Waals surface area contributed by atoms with Crippen molar-refractivity contribution in [2.75, 3.05) is 25.1 Å². The molecule has 1 fully saturated rings. The molecule has 0 aliphatic carbocycles. The van der Waals surface area contributed by atoms with E-state index >= 15 is 0 Å². The Balaban J connectivity index is 1.85. The van der Waals surface area contributed by atoms with Crippen LogP contribution in [-0.2, 0) is 6.42 Å². The maximum Gasteiger partial charge on any atom is 0.119 e. The van der Waals surface area contributed by atoms with Crippen LogP contribution in [0.2, 0.25) is 0 Å². The molecule has 0 saturated carbocycles. The first-order chi connectivity index (χ1) is 8.31. The average Bonchev–Trinajstić information content (AvgIpc) is 2.74. The molecule has 0 radical (unpaired) electrons. The van der Waals surface area contributed by atoms with Crippen molar-refractivity contribution in [1.29, 1.82) is 0 Å². The molecule has 2 aliphatic heterocycles. The maximum atomic E-state index is 5.80. The molecule has 1 saturated heterocycles. The Labute approximate surface area is 103 Å². The highest BCUT2D eigenvalue weighted by atomic mass is 16.5. The fourth-order valence-electron chi connectivity index (χ4n) is 3.25. The monoisotopic (exact) mass is 232 g/mol. The third-order valence-corrected chi connectivity index (χ3v) is 4.21. The lowest BCUT2D eigenvalue weighted by atomic mass is 9.91. The van der Waals surface area contributed by atoms with Crippen LogP contribution in [0.15, 0.2) is 18.2 Å². The van der Waals surface area contributed by atoms with Gasteiger partial charge in [-0.2, -0.15) is 0 Å². The Hall–Kier alpha value is -1.22. The molecule has 92 valence electrons. The number of ether oxygens (including phenoxy) is 1. The van der Waals surface area contributed by atoms with Crippen LogP contribution in [0.25, 0.3) is 0 Å². The number of anilines is 1. The van der Waals surface area contributed by atoms with E-state index in [-0.39, 0.29) is 0 Å². The van der Waals surface area contributed by atoms with Gasteiger partial charge in [-0.1, -0.05) is 0 Å². The molecule has 17 heavy (non-hydrogen) atoms. The van der Waals surface area contributed by atoms with Gasteiger partial charge in [-0.25, -0.2) is 0 Å². The number of piperidine rings is 1. The smallest absolute Gasteiger partial charge is 0.119 e. The van der Waals surface area contributed by atoms with E-state index in [1.165, 1.54) is 24.1 Å². The molecule has 0 aromatic heterocycles. The summed E-state index contributed by atoms with van der Waals surface area (Å²) in [6.07, 6.45) is 3.63. The molecule has 2 N–H and O–H groups in total. The summed E-state index contributed by atoms with van der Waals surface area (Å²) in [6, 6.07) is 7.12. The van der Waals surface area contributed by atoms with Crippen molar-refractivity contribution in [3.8, 4) is 5.75 Å². The number of nitrogens with two attached hydrogens (primary N) is 1. The third-order valence-electron chi connectivity index (χ3n) is 4.21. The fraction of sp³-hybridized carbons (Fsp3) is 0.571. The van der Waals surface area contributed by atoms with Gasteiger partial charge in [0.25, 0.3) is 0 Å². The minimum atomic E-state index is 0.666. The van der Waals surface area contributed by atoms with E-state index in [9.17, 15) is 0 Å². The molecule has 0 bridgehead atoms. The number of benzene rings is 1. The lowest BCUT2D eigenvalue weighted by Gasteiger charge is -2.36. The Bertz CT molecular complexity index is 419. The van der Waals surface area contributed by atoms with Crippen molar-refractivity contribution in [2.45, 2.75) is 25.3 Å². The first kappa shape index (κ1) is 10.9. The zero-order chi connectivity index (χ0) is 11.8. The lowest BCUT2D eigenvalue weighted by Crippen LogP contribution is -2.41. The van der Waals surface area contributed by atoms with Gasteiger partial charge in [0.2, 0.25) is 0 Å². The second-order valence-corrected chi connectivity index (χ2v) is 5.17. The van der Waals surface area contributed by atoms with Crippen LogP contribution >= 0.6 is 0 Å². The van der Waals surface area contributed by atoms with Crippen LogP contribution in [0, 0.1) is 5.92 Å². The van der Waals surface area contributed by atoms with E-state index in [4.69, 9.17) is 10.5 Å². The van der Waals surface area contributed by atoms with E-state index in [1.54, 1.807) is 7.11 Å². The van der Waals surface area contributed by atoms with Crippen molar-refractivity contribution in [3.63, 3.8) is 0 Å². The van der Waals surface area contributed by atoms with E-state index in [1.807, 2.05) is 0 Å². The van der Waals surface area contributed by atoms with Crippen molar-refractivity contribution in [2.24, 2.45) is 11.7 Å². The molecule has 2 aliphatic rings. The van der Waals surface area contributed by atoms with Crippen molar-refractivity contribution < 1.29 is 4.74 Å². The highest BCUT2D eigenvalue weighted by Crippen LogP contribution is 2.39. The van der Waals surface area contributed by atoms with Crippen molar-refractivity contribution >= 4 is 5.69 Å². The first-order valence-corrected chi connectivity index (χ1v) is 6.45. The molecule has 1 aromatic carbocycles. The van der Waals surface area contributed by atoms with Gasteiger partial charge in [-0.05, 0) is 55.5 Å². The van der Waals surface area contributed by atoms with Gasteiger partial charge in [0, 0.05) is 18.3 Å². The number of rotatable bonds is 2. The standard InChI is InChI=1S/C14H20N2O/c1-17-13-2-3-14-11(8-13)7-12-6-10(9-15)4-5-16(12)14/h2-3,8,10,12H,4-7,9,15H2,1H3. The number of methoxy groups -OCH3 is 1. The molecular formula is C14H20N2O. The van der Waals surface area contributed by atoms with Crippen LogP contribution in [0.4, 0.5) is 5.69 Å². The molecular weight excluding hydrogens is 212 g/mol. The van der Waals surface area contributed by atoms with Crippen LogP contribution in [-0.4, -0.2) is 26.2 Å². The van der Waals surface area contributed by atoms with Gasteiger partial charge < -0.3 is 15.4 Å². The Morgan fingerprint density at radius 1 is 1.47 bits per heavy atom. The molecule has 2 unspecified atom stereocenters. The average molecular weight is 232 g/mol. The van der Waals surface area contributed by atoms with E-state index < -0.39 is 0 Å². The molecule has 2 heterocycles. The predicted octanol–water partition coefficient (Wildman–Crippen LogP) is 1.79. The van der Waals surface area contributed by atoms with Gasteiger partial charge in [0.1, 0.15) is 5.75 Å². The zero-order valence-corrected chi connectivity index (χ0v) is 10.4. The van der Waals surface area contributed by atoms with Gasteiger partial charge >= 0.3 is 0 Å². The topological polar surface area (TPSA) is 38.5 Å². The fourth-order valence-corrected chi connectivity index (χ4v) is 3.25. The molecule has 3 rings (SSSR count). The van der Waals surface area contributed by atoms with Crippen LogP contribution in [0.5, 0.6) is 5.75 Å². The predicted molar refractivity (Wildman–Crippen MR) is 69.6 cm³/mol. The summed E-state index contributed by atoms with van der Waals surface area (Å²) < 4.78 is 5.30. The SMILES string of the molecule is COc1ccc2c(c1)CC1CC(CN)CCN21. The lowest BCUT2D eigenvalue weighted by molar-refractivity contribution is 0.357. The minimum Gasteiger partial charge on any atom is -0.497 e. The van der Waals surface area contributed by atoms with E-state index in [0.29, 0.717) is 12.0 Å². The van der Waals surface area contributed by atoms with Crippen molar-refractivity contribution in [1.82, 2.24) is 0 Å². The van der Waals surface area contributed by atoms with Crippen LogP contribution in [0.3, 0.4) is 0 Å². The second kappa shape index (κ2) is 4.22. The molecule has 3 heteroatoms. The summed E-state index contributed by atoms with van der Waals surface area (Å²) >= 11 is 0.